The van der Waals surface area contributed by atoms with Gasteiger partial charge >= 0.3 is 0 Å². The van der Waals surface area contributed by atoms with E-state index in [1.54, 1.807) is 0 Å². The summed E-state index contributed by atoms with van der Waals surface area (Å²) in [5, 5.41) is 0. The Morgan fingerprint density at radius 3 is 2.88 bits per heavy atom. The Hall–Kier alpha value is -1.56. The molecule has 1 aliphatic rings. The summed E-state index contributed by atoms with van der Waals surface area (Å²) in [5.74, 6) is 2.78. The van der Waals surface area contributed by atoms with E-state index in [4.69, 9.17) is 11.2 Å². The third-order valence-corrected chi connectivity index (χ3v) is 3.00. The second-order valence-electron chi connectivity index (χ2n) is 4.19. The van der Waals surface area contributed by atoms with Crippen LogP contribution in [0.15, 0.2) is 43.0 Å². The molecule has 0 aliphatic carbocycles. The monoisotopic (exact) mass is 227 g/mol. The lowest BCUT2D eigenvalue weighted by Gasteiger charge is -2.44. The molecule has 0 N–H and O–H groups in total. The van der Waals surface area contributed by atoms with E-state index in [-0.39, 0.29) is 12.1 Å². The number of nitrogens with zero attached hydrogens (tertiary/aromatic N) is 1. The molecule has 1 aromatic carbocycles. The molecule has 1 fully saturated rings. The third kappa shape index (κ3) is 2.76. The second kappa shape index (κ2) is 5.67. The van der Waals surface area contributed by atoms with Gasteiger partial charge in [0, 0.05) is 13.1 Å². The summed E-state index contributed by atoms with van der Waals surface area (Å²) in [6.07, 6.45) is 7.53. The van der Waals surface area contributed by atoms with Gasteiger partial charge in [-0.2, -0.15) is 0 Å². The molecule has 0 saturated carbocycles. The summed E-state index contributed by atoms with van der Waals surface area (Å²) >= 11 is 0. The van der Waals surface area contributed by atoms with Gasteiger partial charge in [-0.25, -0.2) is 0 Å². The normalized spacial score (nSPS) is 23.7. The molecule has 88 valence electrons. The molecule has 2 nitrogen and oxygen atoms in total. The fourth-order valence-corrected chi connectivity index (χ4v) is 2.03. The van der Waals surface area contributed by atoms with E-state index in [2.05, 4.69) is 29.5 Å². The van der Waals surface area contributed by atoms with Gasteiger partial charge in [-0.15, -0.1) is 13.0 Å². The van der Waals surface area contributed by atoms with Crippen molar-refractivity contribution in [3.05, 3.63) is 48.6 Å². The topological polar surface area (TPSA) is 12.5 Å². The molecular weight excluding hydrogens is 210 g/mol. The van der Waals surface area contributed by atoms with Crippen LogP contribution in [0.5, 0.6) is 0 Å². The number of benzene rings is 1. The van der Waals surface area contributed by atoms with E-state index in [0.717, 1.165) is 13.1 Å². The average Bonchev–Trinajstić information content (AvgIpc) is 2.34. The van der Waals surface area contributed by atoms with E-state index in [1.807, 2.05) is 24.3 Å². The van der Waals surface area contributed by atoms with E-state index >= 15 is 0 Å². The second-order valence-corrected chi connectivity index (χ2v) is 4.19. The summed E-state index contributed by atoms with van der Waals surface area (Å²) in [6.45, 7) is 6.08. The van der Waals surface area contributed by atoms with Crippen molar-refractivity contribution in [3.8, 4) is 12.3 Å². The van der Waals surface area contributed by atoms with Crippen molar-refractivity contribution in [2.45, 2.75) is 18.8 Å². The highest BCUT2D eigenvalue weighted by Gasteiger charge is 2.37. The highest BCUT2D eigenvalue weighted by molar-refractivity contribution is 5.15. The Labute approximate surface area is 103 Å². The van der Waals surface area contributed by atoms with E-state index in [9.17, 15) is 0 Å². The lowest BCUT2D eigenvalue weighted by molar-refractivity contribution is -0.0843. The summed E-state index contributed by atoms with van der Waals surface area (Å²) < 4.78 is 5.83. The molecule has 0 spiro atoms. The summed E-state index contributed by atoms with van der Waals surface area (Å²) in [7, 11) is 0. The van der Waals surface area contributed by atoms with Crippen LogP contribution in [0.3, 0.4) is 0 Å². The number of hydrogen-bond acceptors (Lipinski definition) is 2. The Kier molecular flexibility index (Phi) is 3.98. The predicted octanol–water partition coefficient (Wildman–Crippen LogP) is 2.08. The number of ether oxygens (including phenoxy) is 1. The van der Waals surface area contributed by atoms with Crippen molar-refractivity contribution < 1.29 is 4.74 Å². The van der Waals surface area contributed by atoms with Crippen LogP contribution >= 0.6 is 0 Å². The number of likely N-dealkylation sites (tertiary alicyclic amines) is 1. The number of hydrogen-bond donors (Lipinski definition) is 0. The molecule has 0 unspecified atom stereocenters. The Balaban J connectivity index is 1.82. The first-order valence-electron chi connectivity index (χ1n) is 5.81. The first kappa shape index (κ1) is 11.9. The van der Waals surface area contributed by atoms with Crippen molar-refractivity contribution in [1.29, 1.82) is 0 Å². The molecule has 1 heterocycles. The number of rotatable bonds is 5. The van der Waals surface area contributed by atoms with Crippen LogP contribution in [-0.2, 0) is 11.3 Å². The Morgan fingerprint density at radius 2 is 2.24 bits per heavy atom. The zero-order chi connectivity index (χ0) is 12.1. The molecule has 1 aliphatic heterocycles. The zero-order valence-corrected chi connectivity index (χ0v) is 9.88. The van der Waals surface area contributed by atoms with Gasteiger partial charge < -0.3 is 4.74 Å². The van der Waals surface area contributed by atoms with Gasteiger partial charge in [0.05, 0.1) is 18.8 Å². The van der Waals surface area contributed by atoms with Crippen molar-refractivity contribution in [2.75, 3.05) is 13.1 Å². The summed E-state index contributed by atoms with van der Waals surface area (Å²) in [5.41, 5.74) is 1.19. The van der Waals surface area contributed by atoms with Gasteiger partial charge in [0.2, 0.25) is 0 Å². The minimum atomic E-state index is 0.0942. The van der Waals surface area contributed by atoms with Gasteiger partial charge in [-0.3, -0.25) is 4.90 Å². The first-order chi connectivity index (χ1) is 8.35. The third-order valence-electron chi connectivity index (χ3n) is 3.00. The Morgan fingerprint density at radius 1 is 1.47 bits per heavy atom. The largest absolute Gasteiger partial charge is 0.370 e. The van der Waals surface area contributed by atoms with E-state index < -0.39 is 0 Å². The van der Waals surface area contributed by atoms with Crippen LogP contribution in [0.25, 0.3) is 0 Å². The van der Waals surface area contributed by atoms with Gasteiger partial charge in [0.1, 0.15) is 0 Å². The highest BCUT2D eigenvalue weighted by Crippen LogP contribution is 2.21. The van der Waals surface area contributed by atoms with Gasteiger partial charge in [0.15, 0.2) is 0 Å². The van der Waals surface area contributed by atoms with Crippen LogP contribution in [-0.4, -0.2) is 30.1 Å². The van der Waals surface area contributed by atoms with Crippen LogP contribution in [0.2, 0.25) is 0 Å². The lowest BCUT2D eigenvalue weighted by Crippen LogP contribution is -2.60. The molecule has 0 aromatic heterocycles. The molecule has 0 bridgehead atoms. The van der Waals surface area contributed by atoms with Crippen LogP contribution in [0, 0.1) is 12.3 Å². The molecule has 17 heavy (non-hydrogen) atoms. The van der Waals surface area contributed by atoms with E-state index in [0.29, 0.717) is 6.61 Å². The maximum absolute atomic E-state index is 5.83. The molecule has 1 aromatic rings. The molecule has 1 saturated heterocycles. The van der Waals surface area contributed by atoms with Gasteiger partial charge in [0.25, 0.3) is 0 Å². The fraction of sp³-hybridized carbons (Fsp3) is 0.333. The van der Waals surface area contributed by atoms with E-state index in [1.165, 1.54) is 5.56 Å². The van der Waals surface area contributed by atoms with Crippen LogP contribution in [0.4, 0.5) is 0 Å². The standard InChI is InChI=1S/C15H17NO/c1-3-10-16-11-15(14(16)4-2)17-12-13-8-6-5-7-9-13/h2-3,5-9,14-15H,1,10-12H2/t14-,15-/m1/s1. The maximum atomic E-state index is 5.83. The van der Waals surface area contributed by atoms with Crippen LogP contribution in [0.1, 0.15) is 5.56 Å². The molecule has 0 amide bonds. The predicted molar refractivity (Wildman–Crippen MR) is 69.4 cm³/mol. The molecule has 2 heteroatoms. The molecule has 2 rings (SSSR count). The molecule has 0 radical (unpaired) electrons. The van der Waals surface area contributed by atoms with Crippen molar-refractivity contribution in [2.24, 2.45) is 0 Å². The quantitative estimate of drug-likeness (QED) is 0.564. The smallest absolute Gasteiger partial charge is 0.0994 e. The highest BCUT2D eigenvalue weighted by atomic mass is 16.5. The average molecular weight is 227 g/mol. The Bertz CT molecular complexity index is 407. The van der Waals surface area contributed by atoms with Crippen molar-refractivity contribution in [1.82, 2.24) is 4.90 Å². The fourth-order valence-electron chi connectivity index (χ4n) is 2.03. The molecular formula is C15H17NO. The van der Waals surface area contributed by atoms with Gasteiger partial charge in [-0.05, 0) is 5.56 Å². The summed E-state index contributed by atoms with van der Waals surface area (Å²) in [6, 6.07) is 10.3. The maximum Gasteiger partial charge on any atom is 0.0994 e. The zero-order valence-electron chi connectivity index (χ0n) is 9.88. The summed E-state index contributed by atoms with van der Waals surface area (Å²) in [4.78, 5) is 2.18. The minimum Gasteiger partial charge on any atom is -0.370 e. The molecule has 2 atom stereocenters. The first-order valence-corrected chi connectivity index (χ1v) is 5.81. The van der Waals surface area contributed by atoms with Gasteiger partial charge in [-0.1, -0.05) is 42.3 Å². The lowest BCUT2D eigenvalue weighted by atomic mass is 10.00. The SMILES string of the molecule is C#C[C@@H]1[C@H](OCc2ccccc2)CN1CC=C. The van der Waals surface area contributed by atoms with Crippen molar-refractivity contribution >= 4 is 0 Å². The minimum absolute atomic E-state index is 0.0942. The number of terminal acetylenes is 1. The van der Waals surface area contributed by atoms with Crippen LogP contribution < -0.4 is 0 Å². The van der Waals surface area contributed by atoms with Crippen molar-refractivity contribution in [3.63, 3.8) is 0 Å².